The minimum atomic E-state index is -0.170. The molecule has 2 rings (SSSR count). The molecule has 0 aliphatic carbocycles. The van der Waals surface area contributed by atoms with Crippen LogP contribution in [0, 0.1) is 5.92 Å². The molecule has 2 saturated heterocycles. The van der Waals surface area contributed by atoms with Gasteiger partial charge in [-0.25, -0.2) is 0 Å². The molecular formula is C16H28O5. The first-order chi connectivity index (χ1) is 10.2. The van der Waals surface area contributed by atoms with E-state index >= 15 is 0 Å². The highest BCUT2D eigenvalue weighted by Gasteiger charge is 2.42. The molecule has 2 aliphatic rings. The predicted octanol–water partition coefficient (Wildman–Crippen LogP) is 2.67. The van der Waals surface area contributed by atoms with Gasteiger partial charge in [-0.2, -0.15) is 0 Å². The maximum absolute atomic E-state index is 11.8. The van der Waals surface area contributed by atoms with Crippen molar-refractivity contribution in [3.8, 4) is 0 Å². The van der Waals surface area contributed by atoms with Crippen LogP contribution in [-0.4, -0.2) is 44.8 Å². The molecule has 5 heteroatoms. The van der Waals surface area contributed by atoms with Gasteiger partial charge in [-0.05, 0) is 19.8 Å². The van der Waals surface area contributed by atoms with Crippen molar-refractivity contribution in [2.45, 2.75) is 70.2 Å². The van der Waals surface area contributed by atoms with Gasteiger partial charge in [0.1, 0.15) is 19.0 Å². The predicted molar refractivity (Wildman–Crippen MR) is 77.9 cm³/mol. The number of methoxy groups -OCH3 is 1. The Morgan fingerprint density at radius 2 is 1.81 bits per heavy atom. The van der Waals surface area contributed by atoms with Crippen LogP contribution >= 0.6 is 0 Å². The molecule has 0 aromatic rings. The molecule has 0 spiro atoms. The van der Waals surface area contributed by atoms with Crippen molar-refractivity contribution in [3.05, 3.63) is 0 Å². The Hall–Kier alpha value is -0.650. The monoisotopic (exact) mass is 300 g/mol. The lowest BCUT2D eigenvalue weighted by atomic mass is 9.94. The smallest absolute Gasteiger partial charge is 0.312 e. The van der Waals surface area contributed by atoms with E-state index in [2.05, 4.69) is 0 Å². The lowest BCUT2D eigenvalue weighted by molar-refractivity contribution is -0.144. The van der Waals surface area contributed by atoms with Crippen LogP contribution in [0.3, 0.4) is 0 Å². The quantitative estimate of drug-likeness (QED) is 0.254. The minimum absolute atomic E-state index is 0.116. The first-order valence-electron chi connectivity index (χ1n) is 8.15. The summed E-state index contributed by atoms with van der Waals surface area (Å²) in [6.45, 7) is 3.06. The number of esters is 1. The van der Waals surface area contributed by atoms with Gasteiger partial charge in [0.15, 0.2) is 0 Å². The molecule has 0 aromatic heterocycles. The molecule has 4 atom stereocenters. The maximum Gasteiger partial charge on any atom is 0.312 e. The summed E-state index contributed by atoms with van der Waals surface area (Å²) >= 11 is 0. The first kappa shape index (κ1) is 16.7. The highest BCUT2D eigenvalue weighted by Crippen LogP contribution is 2.29. The van der Waals surface area contributed by atoms with Crippen molar-refractivity contribution in [3.63, 3.8) is 0 Å². The topological polar surface area (TPSA) is 57.3 Å². The number of hydrogen-bond acceptors (Lipinski definition) is 5. The van der Waals surface area contributed by atoms with Crippen LogP contribution in [0.15, 0.2) is 0 Å². The van der Waals surface area contributed by atoms with E-state index in [0.29, 0.717) is 6.10 Å². The van der Waals surface area contributed by atoms with Gasteiger partial charge in [0, 0.05) is 7.11 Å². The lowest BCUT2D eigenvalue weighted by Gasteiger charge is -2.18. The van der Waals surface area contributed by atoms with Gasteiger partial charge in [-0.3, -0.25) is 4.79 Å². The van der Waals surface area contributed by atoms with Crippen molar-refractivity contribution in [1.29, 1.82) is 0 Å². The number of ether oxygens (including phenoxy) is 4. The third-order valence-electron chi connectivity index (χ3n) is 4.29. The van der Waals surface area contributed by atoms with Gasteiger partial charge in [-0.15, -0.1) is 0 Å². The summed E-state index contributed by atoms with van der Waals surface area (Å²) in [6.07, 6.45) is 8.25. The fraction of sp³-hybridized carbons (Fsp3) is 0.938. The van der Waals surface area contributed by atoms with E-state index in [1.807, 2.05) is 6.92 Å². The summed E-state index contributed by atoms with van der Waals surface area (Å²) in [5.41, 5.74) is 0. The molecule has 2 fully saturated rings. The molecule has 2 heterocycles. The zero-order chi connectivity index (χ0) is 15.1. The first-order valence-corrected chi connectivity index (χ1v) is 8.15. The summed E-state index contributed by atoms with van der Waals surface area (Å²) < 4.78 is 21.0. The van der Waals surface area contributed by atoms with E-state index < -0.39 is 0 Å². The second-order valence-electron chi connectivity index (χ2n) is 6.09. The van der Waals surface area contributed by atoms with Gasteiger partial charge in [-0.1, -0.05) is 32.1 Å². The number of epoxide rings is 1. The molecule has 2 aliphatic heterocycles. The Kier molecular flexibility index (Phi) is 6.93. The molecule has 0 aromatic carbocycles. The average molecular weight is 300 g/mol. The second kappa shape index (κ2) is 8.71. The van der Waals surface area contributed by atoms with E-state index in [1.54, 1.807) is 7.11 Å². The number of hydrogen-bond donors (Lipinski definition) is 0. The normalized spacial score (nSPS) is 31.4. The average Bonchev–Trinajstić information content (AvgIpc) is 3.23. The molecular weight excluding hydrogens is 272 g/mol. The molecule has 21 heavy (non-hydrogen) atoms. The Morgan fingerprint density at radius 1 is 1.14 bits per heavy atom. The molecule has 0 bridgehead atoms. The zero-order valence-corrected chi connectivity index (χ0v) is 13.2. The van der Waals surface area contributed by atoms with Crippen LogP contribution in [-0.2, 0) is 23.7 Å². The molecule has 5 nitrogen and oxygen atoms in total. The van der Waals surface area contributed by atoms with E-state index in [9.17, 15) is 4.79 Å². The summed E-state index contributed by atoms with van der Waals surface area (Å²) in [6, 6.07) is 0. The van der Waals surface area contributed by atoms with Crippen LogP contribution in [0.5, 0.6) is 0 Å². The third kappa shape index (κ3) is 5.57. The van der Waals surface area contributed by atoms with Crippen LogP contribution in [0.4, 0.5) is 0 Å². The second-order valence-corrected chi connectivity index (χ2v) is 6.09. The Morgan fingerprint density at radius 3 is 2.48 bits per heavy atom. The van der Waals surface area contributed by atoms with Crippen LogP contribution < -0.4 is 0 Å². The number of carbonyl (C=O) groups is 1. The number of rotatable bonds is 11. The largest absolute Gasteiger partial charge is 0.460 e. The van der Waals surface area contributed by atoms with Crippen molar-refractivity contribution >= 4 is 5.97 Å². The van der Waals surface area contributed by atoms with E-state index in [-0.39, 0.29) is 30.9 Å². The third-order valence-corrected chi connectivity index (χ3v) is 4.29. The maximum atomic E-state index is 11.8. The van der Waals surface area contributed by atoms with E-state index in [0.717, 1.165) is 19.4 Å². The summed E-state index contributed by atoms with van der Waals surface area (Å²) in [5, 5.41) is 0. The van der Waals surface area contributed by atoms with E-state index in [1.165, 1.54) is 32.1 Å². The van der Waals surface area contributed by atoms with Crippen LogP contribution in [0.1, 0.15) is 51.9 Å². The Bertz CT molecular complexity index is 316. The van der Waals surface area contributed by atoms with Gasteiger partial charge in [0.05, 0.1) is 18.6 Å². The minimum Gasteiger partial charge on any atom is -0.460 e. The van der Waals surface area contributed by atoms with Crippen molar-refractivity contribution in [2.24, 2.45) is 5.92 Å². The van der Waals surface area contributed by atoms with Crippen molar-refractivity contribution in [2.75, 3.05) is 20.5 Å². The van der Waals surface area contributed by atoms with Gasteiger partial charge >= 0.3 is 5.97 Å². The highest BCUT2D eigenvalue weighted by molar-refractivity contribution is 5.75. The van der Waals surface area contributed by atoms with Crippen LogP contribution in [0.25, 0.3) is 0 Å². The highest BCUT2D eigenvalue weighted by atomic mass is 16.7. The zero-order valence-electron chi connectivity index (χ0n) is 13.2. The Labute approximate surface area is 127 Å². The van der Waals surface area contributed by atoms with Crippen molar-refractivity contribution in [1.82, 2.24) is 0 Å². The summed E-state index contributed by atoms with van der Waals surface area (Å²) in [4.78, 5) is 11.8. The SMILES string of the molecule is COCOC1C(CCCCCCCC2CO2)C(=O)O[C@H]1C. The molecule has 0 saturated carbocycles. The molecule has 0 radical (unpaired) electrons. The lowest BCUT2D eigenvalue weighted by Crippen LogP contribution is -2.29. The van der Waals surface area contributed by atoms with Gasteiger partial charge in [0.2, 0.25) is 0 Å². The number of unbranched alkanes of at least 4 members (excludes halogenated alkanes) is 4. The van der Waals surface area contributed by atoms with Crippen LogP contribution in [0.2, 0.25) is 0 Å². The molecule has 122 valence electrons. The number of carbonyl (C=O) groups excluding carboxylic acids is 1. The number of cyclic esters (lactones) is 1. The van der Waals surface area contributed by atoms with E-state index in [4.69, 9.17) is 18.9 Å². The van der Waals surface area contributed by atoms with Crippen molar-refractivity contribution < 1.29 is 23.7 Å². The fourth-order valence-corrected chi connectivity index (χ4v) is 2.98. The van der Waals surface area contributed by atoms with Gasteiger partial charge in [0.25, 0.3) is 0 Å². The molecule has 0 N–H and O–H groups in total. The van der Waals surface area contributed by atoms with Gasteiger partial charge < -0.3 is 18.9 Å². The molecule has 0 amide bonds. The Balaban J connectivity index is 1.57. The fourth-order valence-electron chi connectivity index (χ4n) is 2.98. The summed E-state index contributed by atoms with van der Waals surface area (Å²) in [5.74, 6) is -0.246. The molecule has 3 unspecified atom stereocenters. The standard InChI is InChI=1S/C16H28O5/c1-12-15(20-11-18-2)14(16(17)21-12)9-7-5-3-4-6-8-13-10-19-13/h12-15H,3-11H2,1-2H3/t12-,13?,14?,15?/m0/s1. The summed E-state index contributed by atoms with van der Waals surface area (Å²) in [7, 11) is 1.59.